The number of carbonyl (C=O) groups excluding carboxylic acids is 2. The van der Waals surface area contributed by atoms with Gasteiger partial charge in [-0.1, -0.05) is 11.6 Å². The quantitative estimate of drug-likeness (QED) is 0.254. The molecule has 0 bridgehead atoms. The average Bonchev–Trinajstić information content (AvgIpc) is 2.61. The lowest BCUT2D eigenvalue weighted by Gasteiger charge is -2.13. The maximum Gasteiger partial charge on any atom is 0.344 e. The third-order valence-electron chi connectivity index (χ3n) is 3.19. The number of nitro benzene ring substituents is 1. The number of benzene rings is 2. The molecule has 0 fully saturated rings. The maximum atomic E-state index is 12.3. The lowest BCUT2D eigenvalue weighted by atomic mass is 10.2. The monoisotopic (exact) mass is 365 g/mol. The molecular formula is C16H12ClNO7. The molecule has 0 aliphatic carbocycles. The molecular weight excluding hydrogens is 354 g/mol. The van der Waals surface area contributed by atoms with E-state index in [1.165, 1.54) is 38.5 Å². The minimum absolute atomic E-state index is 0.0572. The number of rotatable bonds is 6. The fourth-order valence-corrected chi connectivity index (χ4v) is 2.19. The van der Waals surface area contributed by atoms with E-state index in [1.807, 2.05) is 0 Å². The van der Waals surface area contributed by atoms with Gasteiger partial charge in [0.05, 0.1) is 24.7 Å². The Morgan fingerprint density at radius 1 is 1.16 bits per heavy atom. The largest absolute Gasteiger partial charge is 0.493 e. The highest BCUT2D eigenvalue weighted by Gasteiger charge is 2.21. The number of nitrogens with zero attached hydrogens (tertiary/aromatic N) is 1. The van der Waals surface area contributed by atoms with Gasteiger partial charge in [-0.15, -0.1) is 0 Å². The fraction of sp³-hybridized carbons (Fsp3) is 0.125. The highest BCUT2D eigenvalue weighted by atomic mass is 35.5. The van der Waals surface area contributed by atoms with Gasteiger partial charge in [0.1, 0.15) is 11.3 Å². The second-order valence-electron chi connectivity index (χ2n) is 4.69. The summed E-state index contributed by atoms with van der Waals surface area (Å²) in [5.41, 5.74) is -0.248. The molecule has 2 rings (SSSR count). The van der Waals surface area contributed by atoms with E-state index in [0.717, 1.165) is 6.07 Å². The summed E-state index contributed by atoms with van der Waals surface area (Å²) in [5.74, 6) is -0.745. The number of ether oxygens (including phenoxy) is 3. The van der Waals surface area contributed by atoms with Crippen LogP contribution in [0.2, 0.25) is 5.02 Å². The van der Waals surface area contributed by atoms with Crippen LogP contribution in [0.25, 0.3) is 0 Å². The number of esters is 1. The molecule has 0 aromatic heterocycles. The van der Waals surface area contributed by atoms with Crippen LogP contribution < -0.4 is 14.2 Å². The van der Waals surface area contributed by atoms with Crippen molar-refractivity contribution in [3.05, 3.63) is 56.6 Å². The molecule has 0 aliphatic heterocycles. The molecule has 130 valence electrons. The topological polar surface area (TPSA) is 105 Å². The average molecular weight is 366 g/mol. The predicted octanol–water partition coefficient (Wildman–Crippen LogP) is 3.30. The lowest BCUT2D eigenvalue weighted by Crippen LogP contribution is -2.11. The number of methoxy groups -OCH3 is 2. The van der Waals surface area contributed by atoms with E-state index in [2.05, 4.69) is 0 Å². The summed E-state index contributed by atoms with van der Waals surface area (Å²) in [6, 6.07) is 6.24. The zero-order chi connectivity index (χ0) is 18.6. The van der Waals surface area contributed by atoms with Crippen molar-refractivity contribution in [2.24, 2.45) is 0 Å². The summed E-state index contributed by atoms with van der Waals surface area (Å²) in [7, 11) is 2.65. The van der Waals surface area contributed by atoms with Crippen LogP contribution in [0.4, 0.5) is 5.69 Å². The summed E-state index contributed by atoms with van der Waals surface area (Å²) in [4.78, 5) is 33.5. The number of hydrogen-bond acceptors (Lipinski definition) is 7. The predicted molar refractivity (Wildman–Crippen MR) is 88.0 cm³/mol. The van der Waals surface area contributed by atoms with Gasteiger partial charge >= 0.3 is 5.97 Å². The number of halogens is 1. The van der Waals surface area contributed by atoms with Crippen LogP contribution in [0.15, 0.2) is 30.3 Å². The zero-order valence-electron chi connectivity index (χ0n) is 13.1. The molecule has 0 radical (unpaired) electrons. The van der Waals surface area contributed by atoms with Gasteiger partial charge in [0.15, 0.2) is 11.5 Å². The molecule has 0 N–H and O–H groups in total. The maximum absolute atomic E-state index is 12.3. The van der Waals surface area contributed by atoms with E-state index in [1.54, 1.807) is 0 Å². The Bertz CT molecular complexity index is 825. The summed E-state index contributed by atoms with van der Waals surface area (Å²) in [6.45, 7) is 0. The number of aldehydes is 1. The molecule has 0 spiro atoms. The standard InChI is InChI=1S/C16H12ClNO7/c1-23-13-5-9(8-19)6-14(24-2)15(13)25-16(20)10-3-4-11(17)12(7-10)18(21)22/h3-8H,1-2H3. The van der Waals surface area contributed by atoms with Crippen LogP contribution in [0, 0.1) is 10.1 Å². The van der Waals surface area contributed by atoms with Crippen molar-refractivity contribution in [1.29, 1.82) is 0 Å². The van der Waals surface area contributed by atoms with Gasteiger partial charge in [-0.05, 0) is 24.3 Å². The molecule has 0 amide bonds. The van der Waals surface area contributed by atoms with E-state index in [-0.39, 0.29) is 33.4 Å². The van der Waals surface area contributed by atoms with Crippen molar-refractivity contribution in [1.82, 2.24) is 0 Å². The highest BCUT2D eigenvalue weighted by Crippen LogP contribution is 2.39. The van der Waals surface area contributed by atoms with Crippen LogP contribution in [0.1, 0.15) is 20.7 Å². The van der Waals surface area contributed by atoms with Gasteiger partial charge in [-0.25, -0.2) is 4.79 Å². The fourth-order valence-electron chi connectivity index (χ4n) is 2.00. The van der Waals surface area contributed by atoms with Gasteiger partial charge in [0, 0.05) is 11.6 Å². The Morgan fingerprint density at radius 3 is 2.24 bits per heavy atom. The van der Waals surface area contributed by atoms with Crippen LogP contribution in [0.5, 0.6) is 17.2 Å². The van der Waals surface area contributed by atoms with Crippen LogP contribution in [0.3, 0.4) is 0 Å². The molecule has 2 aromatic carbocycles. The number of carbonyl (C=O) groups is 2. The molecule has 9 heteroatoms. The molecule has 0 saturated heterocycles. The Morgan fingerprint density at radius 2 is 1.76 bits per heavy atom. The zero-order valence-corrected chi connectivity index (χ0v) is 13.9. The van der Waals surface area contributed by atoms with Crippen molar-refractivity contribution in [3.8, 4) is 17.2 Å². The van der Waals surface area contributed by atoms with E-state index >= 15 is 0 Å². The van der Waals surface area contributed by atoms with Gasteiger partial charge < -0.3 is 14.2 Å². The van der Waals surface area contributed by atoms with Crippen molar-refractivity contribution in [2.45, 2.75) is 0 Å². The van der Waals surface area contributed by atoms with E-state index < -0.39 is 16.6 Å². The van der Waals surface area contributed by atoms with Crippen LogP contribution >= 0.6 is 11.6 Å². The second kappa shape index (κ2) is 7.63. The summed E-state index contributed by atoms with van der Waals surface area (Å²) in [5, 5.41) is 10.8. The Balaban J connectivity index is 2.42. The smallest absolute Gasteiger partial charge is 0.344 e. The number of hydrogen-bond donors (Lipinski definition) is 0. The summed E-state index contributed by atoms with van der Waals surface area (Å²) in [6.07, 6.45) is 0.583. The van der Waals surface area contributed by atoms with Crippen molar-refractivity contribution in [3.63, 3.8) is 0 Å². The minimum atomic E-state index is -0.879. The van der Waals surface area contributed by atoms with Crippen LogP contribution in [-0.2, 0) is 0 Å². The minimum Gasteiger partial charge on any atom is -0.493 e. The number of nitro groups is 1. The van der Waals surface area contributed by atoms with Gasteiger partial charge in [-0.3, -0.25) is 14.9 Å². The van der Waals surface area contributed by atoms with Gasteiger partial charge in [0.25, 0.3) is 5.69 Å². The third kappa shape index (κ3) is 3.86. The molecule has 8 nitrogen and oxygen atoms in total. The van der Waals surface area contributed by atoms with E-state index in [0.29, 0.717) is 6.29 Å². The molecule has 0 unspecified atom stereocenters. The Hall–Kier alpha value is -3.13. The molecule has 2 aromatic rings. The first kappa shape index (κ1) is 18.2. The first-order valence-electron chi connectivity index (χ1n) is 6.78. The molecule has 0 atom stereocenters. The summed E-state index contributed by atoms with van der Waals surface area (Å²) < 4.78 is 15.5. The molecule has 25 heavy (non-hydrogen) atoms. The van der Waals surface area contributed by atoms with E-state index in [9.17, 15) is 19.7 Å². The first-order valence-corrected chi connectivity index (χ1v) is 7.16. The normalized spacial score (nSPS) is 10.0. The first-order chi connectivity index (χ1) is 11.9. The second-order valence-corrected chi connectivity index (χ2v) is 5.09. The van der Waals surface area contributed by atoms with Gasteiger partial charge in [-0.2, -0.15) is 0 Å². The van der Waals surface area contributed by atoms with Crippen LogP contribution in [-0.4, -0.2) is 31.4 Å². The van der Waals surface area contributed by atoms with E-state index in [4.69, 9.17) is 25.8 Å². The SMILES string of the molecule is COc1cc(C=O)cc(OC)c1OC(=O)c1ccc(Cl)c([N+](=O)[O-])c1. The Labute approximate surface area is 147 Å². The van der Waals surface area contributed by atoms with Crippen molar-refractivity contribution in [2.75, 3.05) is 14.2 Å². The lowest BCUT2D eigenvalue weighted by molar-refractivity contribution is -0.384. The molecule has 0 aliphatic rings. The highest BCUT2D eigenvalue weighted by molar-refractivity contribution is 6.32. The molecule has 0 saturated carbocycles. The Kier molecular flexibility index (Phi) is 5.56. The van der Waals surface area contributed by atoms with Crippen molar-refractivity contribution >= 4 is 29.5 Å². The summed E-state index contributed by atoms with van der Waals surface area (Å²) >= 11 is 5.72. The van der Waals surface area contributed by atoms with Crippen molar-refractivity contribution < 1.29 is 28.7 Å². The molecule has 0 heterocycles. The third-order valence-corrected chi connectivity index (χ3v) is 3.51. The van der Waals surface area contributed by atoms with Gasteiger partial charge in [0.2, 0.25) is 5.75 Å².